The monoisotopic (exact) mass is 689 g/mol. The van der Waals surface area contributed by atoms with E-state index in [2.05, 4.69) is 26.6 Å². The lowest BCUT2D eigenvalue weighted by atomic mass is 9.93. The number of nitrogen functional groups attached to an aromatic ring is 1. The molecule has 0 unspecified atom stereocenters. The van der Waals surface area contributed by atoms with Crippen molar-refractivity contribution in [1.82, 2.24) is 19.7 Å². The molecular weight excluding hydrogens is 664 g/mol. The van der Waals surface area contributed by atoms with Crippen molar-refractivity contribution in [3.8, 4) is 28.3 Å². The molecule has 0 radical (unpaired) electrons. The van der Waals surface area contributed by atoms with Crippen LogP contribution in [-0.4, -0.2) is 72.6 Å². The van der Waals surface area contributed by atoms with Gasteiger partial charge in [0.1, 0.15) is 5.76 Å². The molecular formula is C28H25F6N5O7S. The van der Waals surface area contributed by atoms with Gasteiger partial charge in [-0.3, -0.25) is 4.68 Å². The summed E-state index contributed by atoms with van der Waals surface area (Å²) in [7, 11) is 1.61. The molecule has 1 aliphatic rings. The van der Waals surface area contributed by atoms with Gasteiger partial charge in [-0.15, -0.1) is 11.3 Å². The van der Waals surface area contributed by atoms with Crippen molar-refractivity contribution >= 4 is 50.1 Å². The van der Waals surface area contributed by atoms with Crippen LogP contribution >= 0.6 is 11.3 Å². The molecule has 5 N–H and O–H groups in total. The van der Waals surface area contributed by atoms with Crippen molar-refractivity contribution in [2.45, 2.75) is 50.2 Å². The van der Waals surface area contributed by atoms with E-state index >= 15 is 0 Å². The molecule has 47 heavy (non-hydrogen) atoms. The third-order valence-corrected chi connectivity index (χ3v) is 7.87. The van der Waals surface area contributed by atoms with Gasteiger partial charge >= 0.3 is 24.3 Å². The number of halogens is 6. The maximum Gasteiger partial charge on any atom is 0.490 e. The van der Waals surface area contributed by atoms with Crippen LogP contribution in [0.15, 0.2) is 46.7 Å². The van der Waals surface area contributed by atoms with Crippen LogP contribution in [0.2, 0.25) is 0 Å². The number of methoxy groups -OCH3 is 1. The normalized spacial score (nSPS) is 16.6. The number of thiophene rings is 1. The van der Waals surface area contributed by atoms with Gasteiger partial charge in [0.2, 0.25) is 5.88 Å². The Morgan fingerprint density at radius 1 is 0.957 bits per heavy atom. The molecule has 12 nitrogen and oxygen atoms in total. The number of nitrogens with two attached hydrogens (primary N) is 1. The van der Waals surface area contributed by atoms with Gasteiger partial charge in [-0.05, 0) is 31.7 Å². The number of hydrogen-bond acceptors (Lipinski definition) is 10. The summed E-state index contributed by atoms with van der Waals surface area (Å²) in [5, 5.41) is 32.6. The number of aliphatic hydroxyl groups is 1. The van der Waals surface area contributed by atoms with Crippen LogP contribution in [-0.2, 0) is 9.59 Å². The second-order valence-electron chi connectivity index (χ2n) is 10.1. The van der Waals surface area contributed by atoms with Crippen LogP contribution in [0, 0.1) is 0 Å². The number of pyridine rings is 2. The van der Waals surface area contributed by atoms with Crippen molar-refractivity contribution in [3.63, 3.8) is 0 Å². The van der Waals surface area contributed by atoms with Crippen molar-refractivity contribution in [3.05, 3.63) is 42.3 Å². The van der Waals surface area contributed by atoms with Crippen LogP contribution in [0.1, 0.15) is 31.7 Å². The minimum Gasteiger partial charge on any atom is -0.481 e. The maximum atomic E-state index is 10.6. The standard InChI is InChI=1S/C24H23N5O3S.2C2HF3O2/c1-31-22-7-16-19(12-33-21(16)10-26-22)20-6-17-18(9-27-24(25)23(17)32-20)13-8-28-29(11-13)14-2-4-15(30)5-3-14;2*3-2(4,5)1(6)7/h6-12,14-15,30H,2-5H2,1H3,(H2,25,27);2*(H,6,7). The minimum absolute atomic E-state index is 0.189. The molecule has 1 fully saturated rings. The highest BCUT2D eigenvalue weighted by Crippen LogP contribution is 2.41. The molecule has 252 valence electrons. The third-order valence-electron chi connectivity index (χ3n) is 6.94. The fraction of sp³-hybridized carbons (Fsp3) is 0.321. The number of hydrogen-bond donors (Lipinski definition) is 4. The Morgan fingerprint density at radius 3 is 2.15 bits per heavy atom. The van der Waals surface area contributed by atoms with E-state index in [4.69, 9.17) is 34.7 Å². The summed E-state index contributed by atoms with van der Waals surface area (Å²) >= 11 is 1.61. The number of carboxylic acid groups (broad SMARTS) is 2. The number of aromatic nitrogens is 4. The number of carbonyl (C=O) groups is 2. The van der Waals surface area contributed by atoms with Crippen molar-refractivity contribution in [2.24, 2.45) is 0 Å². The van der Waals surface area contributed by atoms with Gasteiger partial charge in [-0.25, -0.2) is 19.6 Å². The first kappa shape index (κ1) is 35.0. The first-order valence-electron chi connectivity index (χ1n) is 13.4. The van der Waals surface area contributed by atoms with Gasteiger partial charge in [0.15, 0.2) is 11.4 Å². The lowest BCUT2D eigenvalue weighted by molar-refractivity contribution is -0.193. The fourth-order valence-corrected chi connectivity index (χ4v) is 5.52. The SMILES string of the molecule is COc1cc2c(-c3cc4c(-c5cnn(C6CCC(O)CC6)c5)cnc(N)c4o3)csc2cn1.O=C(O)C(F)(F)F.O=C(O)C(F)(F)F. The van der Waals surface area contributed by atoms with Gasteiger partial charge in [0.05, 0.1) is 30.2 Å². The van der Waals surface area contributed by atoms with Crippen LogP contribution in [0.4, 0.5) is 32.2 Å². The topological polar surface area (TPSA) is 187 Å². The number of ether oxygens (including phenoxy) is 1. The van der Waals surface area contributed by atoms with Gasteiger partial charge < -0.3 is 30.2 Å². The lowest BCUT2D eigenvalue weighted by Crippen LogP contribution is -2.21. The average Bonchev–Trinajstić information content (AvgIpc) is 3.76. The van der Waals surface area contributed by atoms with Crippen molar-refractivity contribution in [1.29, 1.82) is 0 Å². The molecule has 5 heterocycles. The lowest BCUT2D eigenvalue weighted by Gasteiger charge is -2.25. The number of aliphatic carboxylic acids is 2. The molecule has 19 heteroatoms. The Morgan fingerprint density at radius 2 is 1.57 bits per heavy atom. The summed E-state index contributed by atoms with van der Waals surface area (Å²) in [5.41, 5.74) is 9.61. The van der Waals surface area contributed by atoms with Gasteiger partial charge in [-0.1, -0.05) is 0 Å². The Kier molecular flexibility index (Phi) is 10.3. The first-order chi connectivity index (χ1) is 22.0. The Hall–Kier alpha value is -4.91. The van der Waals surface area contributed by atoms with Gasteiger partial charge in [0, 0.05) is 57.5 Å². The predicted octanol–water partition coefficient (Wildman–Crippen LogP) is 6.30. The third kappa shape index (κ3) is 8.28. The molecule has 1 saturated carbocycles. The Labute approximate surface area is 264 Å². The number of carboxylic acids is 2. The van der Waals surface area contributed by atoms with Crippen molar-refractivity contribution < 1.29 is 60.4 Å². The molecule has 1 aliphatic carbocycles. The molecule has 0 atom stereocenters. The van der Waals surface area contributed by atoms with E-state index in [0.29, 0.717) is 23.3 Å². The Balaban J connectivity index is 0.000000301. The molecule has 0 aliphatic heterocycles. The summed E-state index contributed by atoms with van der Waals surface area (Å²) in [6, 6.07) is 4.24. The molecule has 5 aromatic heterocycles. The quantitative estimate of drug-likeness (QED) is 0.155. The molecule has 0 bridgehead atoms. The average molecular weight is 690 g/mol. The summed E-state index contributed by atoms with van der Waals surface area (Å²) < 4.78 is 78.1. The van der Waals surface area contributed by atoms with Gasteiger partial charge in [-0.2, -0.15) is 31.4 Å². The summed E-state index contributed by atoms with van der Waals surface area (Å²) in [6.45, 7) is 0. The second-order valence-corrected chi connectivity index (χ2v) is 11.0. The Bertz CT molecular complexity index is 1850. The molecule has 0 spiro atoms. The van der Waals surface area contributed by atoms with E-state index in [0.717, 1.165) is 63.6 Å². The van der Waals surface area contributed by atoms with Gasteiger partial charge in [0.25, 0.3) is 0 Å². The van der Waals surface area contributed by atoms with E-state index in [-0.39, 0.29) is 6.10 Å². The molecule has 5 aromatic rings. The molecule has 0 aromatic carbocycles. The molecule has 0 saturated heterocycles. The van der Waals surface area contributed by atoms with Crippen LogP contribution < -0.4 is 10.5 Å². The number of nitrogens with zero attached hydrogens (tertiary/aromatic N) is 4. The predicted molar refractivity (Wildman–Crippen MR) is 156 cm³/mol. The summed E-state index contributed by atoms with van der Waals surface area (Å²) in [6.07, 6.45) is 0.631. The zero-order chi connectivity index (χ0) is 34.7. The number of rotatable bonds is 4. The van der Waals surface area contributed by atoms with Crippen LogP contribution in [0.3, 0.4) is 0 Å². The minimum atomic E-state index is -5.08. The van der Waals surface area contributed by atoms with E-state index in [9.17, 15) is 31.4 Å². The number of aliphatic hydroxyl groups excluding tert-OH is 1. The number of fused-ring (bicyclic) bond motifs is 2. The second kappa shape index (κ2) is 13.8. The van der Waals surface area contributed by atoms with E-state index in [1.165, 1.54) is 0 Å². The number of alkyl halides is 6. The highest BCUT2D eigenvalue weighted by molar-refractivity contribution is 7.17. The zero-order valence-corrected chi connectivity index (χ0v) is 24.9. The zero-order valence-electron chi connectivity index (χ0n) is 24.0. The van der Waals surface area contributed by atoms with Crippen LogP contribution in [0.25, 0.3) is 43.5 Å². The molecule has 6 rings (SSSR count). The maximum absolute atomic E-state index is 10.6. The van der Waals surface area contributed by atoms with Crippen molar-refractivity contribution in [2.75, 3.05) is 12.8 Å². The number of anilines is 1. The highest BCUT2D eigenvalue weighted by atomic mass is 32.1. The van der Waals surface area contributed by atoms with Crippen LogP contribution in [0.5, 0.6) is 5.88 Å². The van der Waals surface area contributed by atoms with E-state index < -0.39 is 24.3 Å². The fourth-order valence-electron chi connectivity index (χ4n) is 4.62. The summed E-state index contributed by atoms with van der Waals surface area (Å²) in [5.74, 6) is -3.88. The smallest absolute Gasteiger partial charge is 0.481 e. The number of furan rings is 1. The summed E-state index contributed by atoms with van der Waals surface area (Å²) in [4.78, 5) is 26.5. The molecule has 0 amide bonds. The van der Waals surface area contributed by atoms with E-state index in [1.807, 2.05) is 29.2 Å². The largest absolute Gasteiger partial charge is 0.490 e. The van der Waals surface area contributed by atoms with E-state index in [1.54, 1.807) is 24.6 Å². The first-order valence-corrected chi connectivity index (χ1v) is 14.3. The highest BCUT2D eigenvalue weighted by Gasteiger charge is 2.39.